The summed E-state index contributed by atoms with van der Waals surface area (Å²) in [7, 11) is 1.61. The normalized spacial score (nSPS) is 16.7. The van der Waals surface area contributed by atoms with Gasteiger partial charge in [0, 0.05) is 30.2 Å². The average molecular weight is 373 g/mol. The summed E-state index contributed by atoms with van der Waals surface area (Å²) in [6.45, 7) is 2.70. The fourth-order valence-corrected chi connectivity index (χ4v) is 3.13. The quantitative estimate of drug-likeness (QED) is 0.875. The SMILES string of the molecule is COc1ccc(CNC(=O)[C@@H]2CC(=O)N(c3ccc(C)c(Cl)c3)C2)cc1. The van der Waals surface area contributed by atoms with Crippen LogP contribution >= 0.6 is 11.6 Å². The number of ether oxygens (including phenoxy) is 1. The van der Waals surface area contributed by atoms with Gasteiger partial charge in [0.1, 0.15) is 5.75 Å². The molecule has 0 radical (unpaired) electrons. The van der Waals surface area contributed by atoms with Crippen LogP contribution in [0.1, 0.15) is 17.5 Å². The Labute approximate surface area is 157 Å². The van der Waals surface area contributed by atoms with E-state index >= 15 is 0 Å². The first kappa shape index (κ1) is 18.3. The molecular weight excluding hydrogens is 352 g/mol. The van der Waals surface area contributed by atoms with Crippen molar-refractivity contribution in [3.63, 3.8) is 0 Å². The lowest BCUT2D eigenvalue weighted by atomic mass is 10.1. The standard InChI is InChI=1S/C20H21ClN2O3/c1-13-3-6-16(10-18(13)21)23-12-15(9-19(23)24)20(25)22-11-14-4-7-17(26-2)8-5-14/h3-8,10,15H,9,11-12H2,1-2H3,(H,22,25)/t15-/m1/s1. The van der Waals surface area contributed by atoms with Crippen molar-refractivity contribution in [3.8, 4) is 5.75 Å². The number of aryl methyl sites for hydroxylation is 1. The van der Waals surface area contributed by atoms with Crippen molar-refractivity contribution in [2.45, 2.75) is 19.9 Å². The number of nitrogens with one attached hydrogen (secondary N) is 1. The number of anilines is 1. The van der Waals surface area contributed by atoms with Crippen molar-refractivity contribution in [1.82, 2.24) is 5.32 Å². The highest BCUT2D eigenvalue weighted by Gasteiger charge is 2.35. The first-order valence-electron chi connectivity index (χ1n) is 8.45. The molecule has 1 heterocycles. The summed E-state index contributed by atoms with van der Waals surface area (Å²) < 4.78 is 5.12. The van der Waals surface area contributed by atoms with Crippen LogP contribution in [0.15, 0.2) is 42.5 Å². The molecule has 0 bridgehead atoms. The van der Waals surface area contributed by atoms with Crippen LogP contribution in [0.3, 0.4) is 0 Å². The van der Waals surface area contributed by atoms with Gasteiger partial charge in [-0.05, 0) is 42.3 Å². The lowest BCUT2D eigenvalue weighted by molar-refractivity contribution is -0.126. The van der Waals surface area contributed by atoms with Gasteiger partial charge in [0.15, 0.2) is 0 Å². The zero-order chi connectivity index (χ0) is 18.7. The molecule has 0 aromatic heterocycles. The predicted octanol–water partition coefficient (Wildman–Crippen LogP) is 3.33. The van der Waals surface area contributed by atoms with E-state index in [1.54, 1.807) is 18.1 Å². The second-order valence-corrected chi connectivity index (χ2v) is 6.81. The van der Waals surface area contributed by atoms with E-state index in [4.69, 9.17) is 16.3 Å². The minimum atomic E-state index is -0.360. The van der Waals surface area contributed by atoms with Crippen LogP contribution in [0, 0.1) is 12.8 Å². The highest BCUT2D eigenvalue weighted by Crippen LogP contribution is 2.28. The number of carbonyl (C=O) groups excluding carboxylic acids is 2. The molecule has 1 saturated heterocycles. The van der Waals surface area contributed by atoms with E-state index in [0.717, 1.165) is 22.6 Å². The van der Waals surface area contributed by atoms with Crippen LogP contribution < -0.4 is 15.0 Å². The molecule has 6 heteroatoms. The van der Waals surface area contributed by atoms with E-state index in [2.05, 4.69) is 5.32 Å². The van der Waals surface area contributed by atoms with Crippen LogP contribution in [0.25, 0.3) is 0 Å². The van der Waals surface area contributed by atoms with Crippen LogP contribution in [-0.4, -0.2) is 25.5 Å². The van der Waals surface area contributed by atoms with Crippen LogP contribution in [-0.2, 0) is 16.1 Å². The molecule has 1 N–H and O–H groups in total. The Morgan fingerprint density at radius 3 is 2.65 bits per heavy atom. The highest BCUT2D eigenvalue weighted by atomic mass is 35.5. The van der Waals surface area contributed by atoms with Gasteiger partial charge in [-0.25, -0.2) is 0 Å². The van der Waals surface area contributed by atoms with E-state index in [9.17, 15) is 9.59 Å². The zero-order valence-electron chi connectivity index (χ0n) is 14.8. The van der Waals surface area contributed by atoms with Gasteiger partial charge in [-0.15, -0.1) is 0 Å². The second-order valence-electron chi connectivity index (χ2n) is 6.40. The first-order chi connectivity index (χ1) is 12.5. The first-order valence-corrected chi connectivity index (χ1v) is 8.83. The lowest BCUT2D eigenvalue weighted by Gasteiger charge is -2.17. The summed E-state index contributed by atoms with van der Waals surface area (Å²) in [5.74, 6) is 0.235. The van der Waals surface area contributed by atoms with E-state index in [-0.39, 0.29) is 24.2 Å². The maximum Gasteiger partial charge on any atom is 0.227 e. The Bertz CT molecular complexity index is 820. The Balaban J connectivity index is 1.60. The molecule has 3 rings (SSSR count). The smallest absolute Gasteiger partial charge is 0.227 e. The fourth-order valence-electron chi connectivity index (χ4n) is 2.96. The fraction of sp³-hybridized carbons (Fsp3) is 0.300. The summed E-state index contributed by atoms with van der Waals surface area (Å²) in [5, 5.41) is 3.52. The molecule has 26 heavy (non-hydrogen) atoms. The van der Waals surface area contributed by atoms with Crippen molar-refractivity contribution < 1.29 is 14.3 Å². The molecule has 2 amide bonds. The second kappa shape index (κ2) is 7.79. The molecule has 1 fully saturated rings. The molecule has 2 aromatic carbocycles. The number of rotatable bonds is 5. The summed E-state index contributed by atoms with van der Waals surface area (Å²) in [6.07, 6.45) is 0.208. The molecule has 136 valence electrons. The maximum absolute atomic E-state index is 12.4. The molecule has 0 spiro atoms. The van der Waals surface area contributed by atoms with Gasteiger partial charge in [0.05, 0.1) is 13.0 Å². The Morgan fingerprint density at radius 1 is 1.27 bits per heavy atom. The molecule has 2 aromatic rings. The lowest BCUT2D eigenvalue weighted by Crippen LogP contribution is -2.32. The van der Waals surface area contributed by atoms with E-state index in [1.165, 1.54) is 0 Å². The van der Waals surface area contributed by atoms with E-state index < -0.39 is 0 Å². The number of carbonyl (C=O) groups is 2. The van der Waals surface area contributed by atoms with Gasteiger partial charge >= 0.3 is 0 Å². The molecule has 1 atom stereocenters. The number of benzene rings is 2. The van der Waals surface area contributed by atoms with Gasteiger partial charge in [0.2, 0.25) is 11.8 Å². The van der Waals surface area contributed by atoms with Crippen molar-refractivity contribution in [2.24, 2.45) is 5.92 Å². The number of nitrogens with zero attached hydrogens (tertiary/aromatic N) is 1. The third kappa shape index (κ3) is 3.99. The number of amides is 2. The van der Waals surface area contributed by atoms with Crippen molar-refractivity contribution in [3.05, 3.63) is 58.6 Å². The monoisotopic (exact) mass is 372 g/mol. The summed E-state index contributed by atoms with van der Waals surface area (Å²) >= 11 is 6.15. The van der Waals surface area contributed by atoms with E-state index in [1.807, 2.05) is 43.3 Å². The zero-order valence-corrected chi connectivity index (χ0v) is 15.5. The molecular formula is C20H21ClN2O3. The van der Waals surface area contributed by atoms with Gasteiger partial charge in [-0.2, -0.15) is 0 Å². The number of hydrogen-bond acceptors (Lipinski definition) is 3. The van der Waals surface area contributed by atoms with Crippen LogP contribution in [0.4, 0.5) is 5.69 Å². The molecule has 0 aliphatic carbocycles. The van der Waals surface area contributed by atoms with Crippen molar-refractivity contribution in [2.75, 3.05) is 18.6 Å². The topological polar surface area (TPSA) is 58.6 Å². The summed E-state index contributed by atoms with van der Waals surface area (Å²) in [5.41, 5.74) is 2.66. The number of methoxy groups -OCH3 is 1. The van der Waals surface area contributed by atoms with Gasteiger partial charge in [0.25, 0.3) is 0 Å². The molecule has 5 nitrogen and oxygen atoms in total. The third-order valence-corrected chi connectivity index (χ3v) is 5.00. The summed E-state index contributed by atoms with van der Waals surface area (Å²) in [4.78, 5) is 26.4. The molecule has 0 unspecified atom stereocenters. The molecule has 1 aliphatic rings. The Morgan fingerprint density at radius 2 is 2.00 bits per heavy atom. The predicted molar refractivity (Wildman–Crippen MR) is 101 cm³/mol. The van der Waals surface area contributed by atoms with Gasteiger partial charge < -0.3 is 15.0 Å². The minimum Gasteiger partial charge on any atom is -0.497 e. The van der Waals surface area contributed by atoms with Gasteiger partial charge in [-0.3, -0.25) is 9.59 Å². The minimum absolute atomic E-state index is 0.0606. The third-order valence-electron chi connectivity index (χ3n) is 4.59. The maximum atomic E-state index is 12.4. The van der Waals surface area contributed by atoms with Gasteiger partial charge in [-0.1, -0.05) is 29.8 Å². The summed E-state index contributed by atoms with van der Waals surface area (Å²) in [6, 6.07) is 13.0. The largest absolute Gasteiger partial charge is 0.497 e. The van der Waals surface area contributed by atoms with E-state index in [0.29, 0.717) is 18.1 Å². The molecule has 0 saturated carbocycles. The molecule has 1 aliphatic heterocycles. The highest BCUT2D eigenvalue weighted by molar-refractivity contribution is 6.31. The number of halogens is 1. The van der Waals surface area contributed by atoms with Crippen molar-refractivity contribution in [1.29, 1.82) is 0 Å². The number of hydrogen-bond donors (Lipinski definition) is 1. The van der Waals surface area contributed by atoms with Crippen LogP contribution in [0.5, 0.6) is 5.75 Å². The average Bonchev–Trinajstić information content (AvgIpc) is 3.04. The van der Waals surface area contributed by atoms with Crippen molar-refractivity contribution >= 4 is 29.1 Å². The Kier molecular flexibility index (Phi) is 5.47. The Hall–Kier alpha value is -2.53. The van der Waals surface area contributed by atoms with Crippen LogP contribution in [0.2, 0.25) is 5.02 Å².